The van der Waals surface area contributed by atoms with Crippen LogP contribution in [0.15, 0.2) is 11.4 Å². The van der Waals surface area contributed by atoms with Crippen LogP contribution in [-0.2, 0) is 14.3 Å². The third-order valence-corrected chi connectivity index (χ3v) is 4.14. The number of nitrogens with two attached hydrogens (primary N) is 1. The van der Waals surface area contributed by atoms with E-state index >= 15 is 0 Å². The molecule has 2 rings (SSSR count). The summed E-state index contributed by atoms with van der Waals surface area (Å²) >= 11 is 1.30. The van der Waals surface area contributed by atoms with Crippen molar-refractivity contribution in [2.75, 3.05) is 25.1 Å². The summed E-state index contributed by atoms with van der Waals surface area (Å²) in [4.78, 5) is 37.1. The van der Waals surface area contributed by atoms with Gasteiger partial charge in [0.25, 0.3) is 0 Å². The number of carbonyl (C=O) groups excluding carboxylic acids is 3. The normalized spacial score (nSPS) is 17.1. The van der Waals surface area contributed by atoms with Crippen molar-refractivity contribution in [3.8, 4) is 0 Å². The van der Waals surface area contributed by atoms with Gasteiger partial charge >= 0.3 is 5.97 Å². The molecule has 1 saturated heterocycles. The van der Waals surface area contributed by atoms with Gasteiger partial charge in [0.1, 0.15) is 11.0 Å². The predicted octanol–water partition coefficient (Wildman–Crippen LogP) is 0.527. The number of nitrogens with zero attached hydrogens (tertiary/aromatic N) is 1. The lowest BCUT2D eigenvalue weighted by atomic mass is 10.2. The monoisotopic (exact) mass is 347 g/mol. The van der Waals surface area contributed by atoms with Crippen molar-refractivity contribution in [2.24, 2.45) is 5.73 Å². The Morgan fingerprint density at radius 2 is 2.27 bits per heavy atom. The standard InChI is InChI=1S/C13H17N3O4S.ClH/c1-20-13(19)8-4-7-21-12(8)16-6-3-9(11(16)18)15-10(17)2-5-14;/h4,7,9H,2-3,5-6,14H2,1H3,(H,15,17);1H. The summed E-state index contributed by atoms with van der Waals surface area (Å²) in [5.74, 6) is -0.931. The molecular weight excluding hydrogens is 330 g/mol. The van der Waals surface area contributed by atoms with Crippen LogP contribution in [0.3, 0.4) is 0 Å². The summed E-state index contributed by atoms with van der Waals surface area (Å²) in [5.41, 5.74) is 5.67. The fraction of sp³-hybridized carbons (Fsp3) is 0.462. The van der Waals surface area contributed by atoms with Crippen LogP contribution in [0, 0.1) is 0 Å². The highest BCUT2D eigenvalue weighted by atomic mass is 35.5. The zero-order valence-corrected chi connectivity index (χ0v) is 13.7. The van der Waals surface area contributed by atoms with Crippen molar-refractivity contribution >= 4 is 46.5 Å². The second-order valence-electron chi connectivity index (χ2n) is 4.57. The lowest BCUT2D eigenvalue weighted by Crippen LogP contribution is -2.42. The molecule has 1 aliphatic rings. The van der Waals surface area contributed by atoms with Gasteiger partial charge in [0.05, 0.1) is 12.7 Å². The number of nitrogens with one attached hydrogen (secondary N) is 1. The highest BCUT2D eigenvalue weighted by Gasteiger charge is 2.35. The molecule has 0 aliphatic carbocycles. The number of anilines is 1. The predicted molar refractivity (Wildman–Crippen MR) is 85.5 cm³/mol. The molecule has 0 saturated carbocycles. The van der Waals surface area contributed by atoms with E-state index < -0.39 is 12.0 Å². The number of thiophene rings is 1. The smallest absolute Gasteiger partial charge is 0.340 e. The first-order chi connectivity index (χ1) is 10.1. The van der Waals surface area contributed by atoms with E-state index in [1.165, 1.54) is 23.3 Å². The zero-order chi connectivity index (χ0) is 15.4. The van der Waals surface area contributed by atoms with E-state index in [2.05, 4.69) is 5.32 Å². The maximum Gasteiger partial charge on any atom is 0.340 e. The van der Waals surface area contributed by atoms with Gasteiger partial charge in [-0.05, 0) is 17.9 Å². The van der Waals surface area contributed by atoms with Gasteiger partial charge in [0.2, 0.25) is 11.8 Å². The first-order valence-electron chi connectivity index (χ1n) is 6.55. The van der Waals surface area contributed by atoms with Crippen molar-refractivity contribution in [1.82, 2.24) is 5.32 Å². The van der Waals surface area contributed by atoms with Crippen molar-refractivity contribution < 1.29 is 19.1 Å². The molecule has 1 aliphatic heterocycles. The lowest BCUT2D eigenvalue weighted by Gasteiger charge is -2.16. The van der Waals surface area contributed by atoms with E-state index in [0.717, 1.165) is 0 Å². The van der Waals surface area contributed by atoms with E-state index in [1.54, 1.807) is 11.4 Å². The largest absolute Gasteiger partial charge is 0.465 e. The van der Waals surface area contributed by atoms with Crippen LogP contribution in [0.1, 0.15) is 23.2 Å². The molecule has 1 fully saturated rings. The number of hydrogen-bond acceptors (Lipinski definition) is 6. The first-order valence-corrected chi connectivity index (χ1v) is 7.43. The minimum Gasteiger partial charge on any atom is -0.465 e. The molecule has 0 radical (unpaired) electrons. The summed E-state index contributed by atoms with van der Waals surface area (Å²) in [6, 6.07) is 1.07. The van der Waals surface area contributed by atoms with Gasteiger partial charge in [0, 0.05) is 19.5 Å². The number of halogens is 1. The molecule has 7 nitrogen and oxygen atoms in total. The van der Waals surface area contributed by atoms with E-state index in [0.29, 0.717) is 23.5 Å². The van der Waals surface area contributed by atoms with Gasteiger partial charge in [0.15, 0.2) is 0 Å². The van der Waals surface area contributed by atoms with Crippen molar-refractivity contribution in [3.05, 3.63) is 17.0 Å². The molecule has 1 aromatic rings. The summed E-state index contributed by atoms with van der Waals surface area (Å²) in [7, 11) is 1.30. The SMILES string of the molecule is COC(=O)c1ccsc1N1CCC(NC(=O)CCN)C1=O.Cl. The molecule has 2 heterocycles. The Kier molecular flexibility index (Phi) is 6.79. The van der Waals surface area contributed by atoms with Crippen LogP contribution < -0.4 is 16.0 Å². The van der Waals surface area contributed by atoms with Crippen molar-refractivity contribution in [2.45, 2.75) is 18.9 Å². The van der Waals surface area contributed by atoms with Gasteiger partial charge in [-0.3, -0.25) is 9.59 Å². The molecule has 22 heavy (non-hydrogen) atoms. The van der Waals surface area contributed by atoms with Crippen LogP contribution in [0.4, 0.5) is 5.00 Å². The number of amides is 2. The maximum atomic E-state index is 12.3. The molecule has 2 amide bonds. The van der Waals surface area contributed by atoms with E-state index in [9.17, 15) is 14.4 Å². The third-order valence-electron chi connectivity index (χ3n) is 3.21. The summed E-state index contributed by atoms with van der Waals surface area (Å²) in [6.45, 7) is 0.699. The maximum absolute atomic E-state index is 12.3. The van der Waals surface area contributed by atoms with Crippen LogP contribution >= 0.6 is 23.7 Å². The summed E-state index contributed by atoms with van der Waals surface area (Å²) in [6.07, 6.45) is 0.698. The van der Waals surface area contributed by atoms with Gasteiger partial charge < -0.3 is 20.7 Å². The van der Waals surface area contributed by atoms with Gasteiger partial charge in [-0.25, -0.2) is 4.79 Å². The van der Waals surface area contributed by atoms with E-state index in [4.69, 9.17) is 10.5 Å². The molecule has 1 unspecified atom stereocenters. The molecule has 122 valence electrons. The van der Waals surface area contributed by atoms with Crippen LogP contribution in [0.5, 0.6) is 0 Å². The molecule has 9 heteroatoms. The van der Waals surface area contributed by atoms with Gasteiger partial charge in [-0.2, -0.15) is 0 Å². The minimum atomic E-state index is -0.559. The summed E-state index contributed by atoms with van der Waals surface area (Å²) in [5, 5.41) is 4.95. The molecule has 0 bridgehead atoms. The summed E-state index contributed by atoms with van der Waals surface area (Å²) < 4.78 is 4.70. The topological polar surface area (TPSA) is 102 Å². The highest BCUT2D eigenvalue weighted by Crippen LogP contribution is 2.31. The molecular formula is C13H18ClN3O4S. The number of hydrogen-bond donors (Lipinski definition) is 2. The Balaban J connectivity index is 0.00000242. The Hall–Kier alpha value is -1.64. The quantitative estimate of drug-likeness (QED) is 0.756. The molecule has 1 atom stereocenters. The van der Waals surface area contributed by atoms with Crippen LogP contribution in [-0.4, -0.2) is 44.0 Å². The van der Waals surface area contributed by atoms with Crippen LogP contribution in [0.2, 0.25) is 0 Å². The second-order valence-corrected chi connectivity index (χ2v) is 5.46. The Morgan fingerprint density at radius 3 is 2.91 bits per heavy atom. The van der Waals surface area contributed by atoms with Crippen molar-refractivity contribution in [3.63, 3.8) is 0 Å². The number of esters is 1. The minimum absolute atomic E-state index is 0. The Morgan fingerprint density at radius 1 is 1.55 bits per heavy atom. The van der Waals surface area contributed by atoms with Gasteiger partial charge in [-0.15, -0.1) is 23.7 Å². The number of ether oxygens (including phenoxy) is 1. The number of rotatable bonds is 5. The number of methoxy groups -OCH3 is 1. The number of carbonyl (C=O) groups is 3. The highest BCUT2D eigenvalue weighted by molar-refractivity contribution is 7.14. The Bertz CT molecular complexity index is 563. The van der Waals surface area contributed by atoms with Crippen molar-refractivity contribution in [1.29, 1.82) is 0 Å². The fourth-order valence-corrected chi connectivity index (χ4v) is 3.11. The molecule has 1 aromatic heterocycles. The van der Waals surface area contributed by atoms with E-state index in [-0.39, 0.29) is 37.2 Å². The third kappa shape index (κ3) is 3.76. The Labute approximate surface area is 138 Å². The molecule has 0 aromatic carbocycles. The average molecular weight is 348 g/mol. The lowest BCUT2D eigenvalue weighted by molar-refractivity contribution is -0.126. The second kappa shape index (κ2) is 8.11. The van der Waals surface area contributed by atoms with E-state index in [1.807, 2.05) is 0 Å². The first kappa shape index (κ1) is 18.4. The molecule has 3 N–H and O–H groups in total. The zero-order valence-electron chi connectivity index (χ0n) is 12.0. The fourth-order valence-electron chi connectivity index (χ4n) is 2.19. The van der Waals surface area contributed by atoms with Gasteiger partial charge in [-0.1, -0.05) is 0 Å². The molecule has 0 spiro atoms. The van der Waals surface area contributed by atoms with Crippen LogP contribution in [0.25, 0.3) is 0 Å². The average Bonchev–Trinajstić information content (AvgIpc) is 3.06.